The van der Waals surface area contributed by atoms with E-state index in [2.05, 4.69) is 5.32 Å². The van der Waals surface area contributed by atoms with Crippen molar-refractivity contribution in [2.45, 2.75) is 6.42 Å². The van der Waals surface area contributed by atoms with Crippen LogP contribution in [0.4, 0.5) is 8.78 Å². The number of amides is 1. The molecule has 1 amide bonds. The third-order valence-corrected chi connectivity index (χ3v) is 2.67. The SMILES string of the molecule is O=C(NCCCOCCCl)c1cc(F)c(Cl)cc1F. The zero-order valence-corrected chi connectivity index (χ0v) is 11.5. The maximum Gasteiger partial charge on any atom is 0.254 e. The molecule has 0 aromatic heterocycles. The van der Waals surface area contributed by atoms with Gasteiger partial charge in [0, 0.05) is 19.0 Å². The van der Waals surface area contributed by atoms with E-state index in [-0.39, 0.29) is 10.6 Å². The minimum absolute atomic E-state index is 0.296. The van der Waals surface area contributed by atoms with Crippen LogP contribution in [-0.2, 0) is 4.74 Å². The molecule has 0 aliphatic carbocycles. The fourth-order valence-corrected chi connectivity index (χ4v) is 1.58. The molecule has 0 bridgehead atoms. The van der Waals surface area contributed by atoms with E-state index < -0.39 is 17.5 Å². The summed E-state index contributed by atoms with van der Waals surface area (Å²) >= 11 is 10.8. The van der Waals surface area contributed by atoms with Gasteiger partial charge in [-0.25, -0.2) is 8.78 Å². The number of hydrogen-bond donors (Lipinski definition) is 1. The predicted molar refractivity (Wildman–Crippen MR) is 69.9 cm³/mol. The molecule has 1 aromatic rings. The minimum atomic E-state index is -0.859. The molecule has 0 aliphatic heterocycles. The van der Waals surface area contributed by atoms with Crippen molar-refractivity contribution in [3.63, 3.8) is 0 Å². The van der Waals surface area contributed by atoms with Crippen LogP contribution in [0, 0.1) is 11.6 Å². The highest BCUT2D eigenvalue weighted by atomic mass is 35.5. The van der Waals surface area contributed by atoms with Crippen LogP contribution in [-0.4, -0.2) is 31.5 Å². The molecule has 106 valence electrons. The molecule has 1 N–H and O–H groups in total. The molecule has 0 unspecified atom stereocenters. The van der Waals surface area contributed by atoms with Gasteiger partial charge in [-0.1, -0.05) is 11.6 Å². The molecule has 0 saturated carbocycles. The second-order valence-electron chi connectivity index (χ2n) is 3.66. The monoisotopic (exact) mass is 311 g/mol. The van der Waals surface area contributed by atoms with Crippen molar-refractivity contribution in [3.8, 4) is 0 Å². The van der Waals surface area contributed by atoms with E-state index in [1.165, 1.54) is 0 Å². The Morgan fingerprint density at radius 1 is 1.26 bits per heavy atom. The van der Waals surface area contributed by atoms with Gasteiger partial charge in [0.25, 0.3) is 5.91 Å². The first-order chi connectivity index (χ1) is 9.06. The van der Waals surface area contributed by atoms with Crippen molar-refractivity contribution in [2.75, 3.05) is 25.6 Å². The zero-order chi connectivity index (χ0) is 14.3. The summed E-state index contributed by atoms with van der Waals surface area (Å²) in [5.41, 5.74) is -0.372. The molecular formula is C12H13Cl2F2NO2. The second kappa shape index (κ2) is 8.30. The average Bonchev–Trinajstić information content (AvgIpc) is 2.37. The molecule has 0 saturated heterocycles. The highest BCUT2D eigenvalue weighted by Crippen LogP contribution is 2.19. The van der Waals surface area contributed by atoms with E-state index in [1.807, 2.05) is 0 Å². The molecule has 1 rings (SSSR count). The van der Waals surface area contributed by atoms with Crippen LogP contribution < -0.4 is 5.32 Å². The van der Waals surface area contributed by atoms with Gasteiger partial charge in [-0.3, -0.25) is 4.79 Å². The zero-order valence-electron chi connectivity index (χ0n) is 10.0. The fourth-order valence-electron chi connectivity index (χ4n) is 1.32. The molecule has 0 radical (unpaired) electrons. The van der Waals surface area contributed by atoms with Gasteiger partial charge in [-0.05, 0) is 18.6 Å². The number of carbonyl (C=O) groups excluding carboxylic acids is 1. The summed E-state index contributed by atoms with van der Waals surface area (Å²) < 4.78 is 31.6. The normalized spacial score (nSPS) is 10.5. The number of ether oxygens (including phenoxy) is 1. The number of benzene rings is 1. The number of halogens is 4. The van der Waals surface area contributed by atoms with Crippen LogP contribution >= 0.6 is 23.2 Å². The van der Waals surface area contributed by atoms with Crippen molar-refractivity contribution in [3.05, 3.63) is 34.4 Å². The summed E-state index contributed by atoms with van der Waals surface area (Å²) in [6.45, 7) is 1.17. The average molecular weight is 312 g/mol. The van der Waals surface area contributed by atoms with Gasteiger partial charge in [-0.2, -0.15) is 0 Å². The lowest BCUT2D eigenvalue weighted by atomic mass is 10.2. The third-order valence-electron chi connectivity index (χ3n) is 2.23. The molecule has 0 atom stereocenters. The lowest BCUT2D eigenvalue weighted by Gasteiger charge is -2.07. The molecule has 7 heteroatoms. The van der Waals surface area contributed by atoms with Gasteiger partial charge in [0.1, 0.15) is 11.6 Å². The molecule has 1 aromatic carbocycles. The number of hydrogen-bond acceptors (Lipinski definition) is 2. The van der Waals surface area contributed by atoms with Crippen LogP contribution in [0.15, 0.2) is 12.1 Å². The van der Waals surface area contributed by atoms with Crippen LogP contribution in [0.1, 0.15) is 16.8 Å². The maximum atomic E-state index is 13.4. The van der Waals surface area contributed by atoms with E-state index >= 15 is 0 Å². The van der Waals surface area contributed by atoms with E-state index in [0.29, 0.717) is 32.1 Å². The molecule has 0 spiro atoms. The Bertz CT molecular complexity index is 444. The molecule has 0 heterocycles. The Balaban J connectivity index is 2.43. The number of alkyl halides is 1. The smallest absolute Gasteiger partial charge is 0.254 e. The molecule has 0 fully saturated rings. The Morgan fingerprint density at radius 2 is 2.00 bits per heavy atom. The standard InChI is InChI=1S/C12H13Cl2F2NO2/c13-2-5-19-4-1-3-17-12(18)8-6-11(16)9(14)7-10(8)15/h6-7H,1-5H2,(H,17,18). The van der Waals surface area contributed by atoms with Crippen molar-refractivity contribution in [1.29, 1.82) is 0 Å². The molecule has 0 aliphatic rings. The van der Waals surface area contributed by atoms with Crippen molar-refractivity contribution in [2.24, 2.45) is 0 Å². The van der Waals surface area contributed by atoms with Gasteiger partial charge in [0.2, 0.25) is 0 Å². The van der Waals surface area contributed by atoms with E-state index in [1.54, 1.807) is 0 Å². The van der Waals surface area contributed by atoms with Crippen LogP contribution in [0.3, 0.4) is 0 Å². The van der Waals surface area contributed by atoms with E-state index in [4.69, 9.17) is 27.9 Å². The van der Waals surface area contributed by atoms with Crippen LogP contribution in [0.25, 0.3) is 0 Å². The predicted octanol–water partition coefficient (Wildman–Crippen LogP) is 2.99. The summed E-state index contributed by atoms with van der Waals surface area (Å²) in [5, 5.41) is 2.10. The van der Waals surface area contributed by atoms with Gasteiger partial charge < -0.3 is 10.1 Å². The first-order valence-corrected chi connectivity index (χ1v) is 6.54. The minimum Gasteiger partial charge on any atom is -0.380 e. The van der Waals surface area contributed by atoms with Gasteiger partial charge in [0.05, 0.1) is 17.2 Å². The lowest BCUT2D eigenvalue weighted by molar-refractivity contribution is 0.0940. The summed E-state index contributed by atoms with van der Waals surface area (Å²) in [7, 11) is 0. The quantitative estimate of drug-likeness (QED) is 0.477. The Morgan fingerprint density at radius 3 is 2.68 bits per heavy atom. The van der Waals surface area contributed by atoms with Gasteiger partial charge in [0.15, 0.2) is 0 Å². The van der Waals surface area contributed by atoms with Crippen molar-refractivity contribution in [1.82, 2.24) is 5.32 Å². The van der Waals surface area contributed by atoms with E-state index in [0.717, 1.165) is 12.1 Å². The third kappa shape index (κ3) is 5.30. The van der Waals surface area contributed by atoms with Crippen LogP contribution in [0.5, 0.6) is 0 Å². The van der Waals surface area contributed by atoms with Crippen molar-refractivity contribution >= 4 is 29.1 Å². The Hall–Kier alpha value is -0.910. The molecule has 3 nitrogen and oxygen atoms in total. The Labute approximate surface area is 119 Å². The first-order valence-electron chi connectivity index (χ1n) is 5.62. The lowest BCUT2D eigenvalue weighted by Crippen LogP contribution is -2.26. The summed E-state index contributed by atoms with van der Waals surface area (Å²) in [4.78, 5) is 11.6. The molecular weight excluding hydrogens is 299 g/mol. The second-order valence-corrected chi connectivity index (χ2v) is 4.44. The number of nitrogens with one attached hydrogen (secondary N) is 1. The summed E-state index contributed by atoms with van der Waals surface area (Å²) in [5.74, 6) is -1.98. The fraction of sp³-hybridized carbons (Fsp3) is 0.417. The summed E-state index contributed by atoms with van der Waals surface area (Å²) in [6.07, 6.45) is 0.556. The topological polar surface area (TPSA) is 38.3 Å². The highest BCUT2D eigenvalue weighted by Gasteiger charge is 2.14. The molecule has 19 heavy (non-hydrogen) atoms. The number of carbonyl (C=O) groups is 1. The Kier molecular flexibility index (Phi) is 7.05. The highest BCUT2D eigenvalue weighted by molar-refractivity contribution is 6.30. The van der Waals surface area contributed by atoms with Gasteiger partial charge >= 0.3 is 0 Å². The van der Waals surface area contributed by atoms with Crippen molar-refractivity contribution < 1.29 is 18.3 Å². The van der Waals surface area contributed by atoms with E-state index in [9.17, 15) is 13.6 Å². The first kappa shape index (κ1) is 16.1. The summed E-state index contributed by atoms with van der Waals surface area (Å²) in [6, 6.07) is 1.55. The largest absolute Gasteiger partial charge is 0.380 e. The van der Waals surface area contributed by atoms with Crippen LogP contribution in [0.2, 0.25) is 5.02 Å². The maximum absolute atomic E-state index is 13.4. The number of rotatable bonds is 7. The van der Waals surface area contributed by atoms with Gasteiger partial charge in [-0.15, -0.1) is 11.6 Å².